The van der Waals surface area contributed by atoms with Gasteiger partial charge in [0.1, 0.15) is 5.78 Å². The molecule has 0 amide bonds. The minimum Gasteiger partial charge on any atom is -0.869 e. The van der Waals surface area contributed by atoms with E-state index in [-0.39, 0.29) is 92.7 Å². The molecule has 0 aliphatic heterocycles. The minimum absolute atomic E-state index is 0. The zero-order valence-corrected chi connectivity index (χ0v) is 33.3. The number of ether oxygens (including phenoxy) is 1. The van der Waals surface area contributed by atoms with Gasteiger partial charge < -0.3 is 40.9 Å². The number of hydrogen-bond donors (Lipinski definition) is 4. The second kappa shape index (κ2) is 39.2. The van der Waals surface area contributed by atoms with Crippen LogP contribution in [0, 0.1) is 0 Å². The van der Waals surface area contributed by atoms with Gasteiger partial charge in [-0.2, -0.15) is 57.1 Å². The number of esters is 1. The van der Waals surface area contributed by atoms with Crippen LogP contribution >= 0.6 is 0 Å². The number of ketones is 3. The van der Waals surface area contributed by atoms with Gasteiger partial charge >= 0.3 is 91.2 Å². The maximum Gasteiger partial charge on any atom is 1.00 e. The molecule has 0 saturated carbocycles. The molecule has 13 nitrogen and oxygen atoms in total. The van der Waals surface area contributed by atoms with Crippen molar-refractivity contribution in [1.29, 1.82) is 0 Å². The Morgan fingerprint density at radius 2 is 1.04 bits per heavy atom. The number of hydrogen-bond acceptors (Lipinski definition) is 12. The second-order valence-corrected chi connectivity index (χ2v) is 8.20. The van der Waals surface area contributed by atoms with Crippen molar-refractivity contribution in [1.82, 2.24) is 0 Å². The van der Waals surface area contributed by atoms with Gasteiger partial charge in [-0.05, 0) is 39.5 Å². The molecule has 0 fully saturated rings. The Labute approximate surface area is 349 Å². The molecule has 6 N–H and O–H groups in total. The molecule has 0 aliphatic rings. The van der Waals surface area contributed by atoms with E-state index in [0.29, 0.717) is 6.92 Å². The summed E-state index contributed by atoms with van der Waals surface area (Å²) in [5.74, 6) is -14.8. The van der Waals surface area contributed by atoms with Crippen molar-refractivity contribution in [3.8, 4) is 0 Å². The van der Waals surface area contributed by atoms with Crippen molar-refractivity contribution >= 4 is 29.4 Å². The van der Waals surface area contributed by atoms with Crippen LogP contribution in [0.3, 0.4) is 0 Å². The third kappa shape index (κ3) is 74.0. The van der Waals surface area contributed by atoms with Crippen molar-refractivity contribution in [2.75, 3.05) is 20.1 Å². The fraction of sp³-hybridized carbons (Fsp3) is 0.720. The Hall–Kier alpha value is -1.60. The van der Waals surface area contributed by atoms with Crippen LogP contribution in [-0.2, 0) is 28.7 Å². The quantitative estimate of drug-likeness (QED) is 0.0298. The molecule has 0 radical (unpaired) electrons. The molecule has 0 unspecified atom stereocenters. The molecule has 324 valence electrons. The van der Waals surface area contributed by atoms with Crippen molar-refractivity contribution in [2.24, 2.45) is 0 Å². The molecule has 0 bridgehead atoms. The van der Waals surface area contributed by atoms with Crippen molar-refractivity contribution in [3.05, 3.63) is 11.8 Å². The predicted octanol–water partition coefficient (Wildman–Crippen LogP) is -3.41. The van der Waals surface area contributed by atoms with Crippen molar-refractivity contribution in [2.45, 2.75) is 98.1 Å². The Bertz CT molecular complexity index is 1030. The van der Waals surface area contributed by atoms with Crippen LogP contribution in [-0.4, -0.2) is 112 Å². The van der Waals surface area contributed by atoms with E-state index in [1.54, 1.807) is 6.92 Å². The topological polar surface area (TPSA) is 253 Å². The summed E-state index contributed by atoms with van der Waals surface area (Å²) in [5, 5.41) is 52.3. The fourth-order valence-electron chi connectivity index (χ4n) is 1.37. The summed E-state index contributed by atoms with van der Waals surface area (Å²) in [6.45, 7) is 4.16. The SMILES string of the molecule is C.CC(=O)/C=C(\[O-])C(F)(F)F.CC(=O)CC(=O)C(F)(F)F.CC(=O)F.CC(O)(O)CC(O)(O)C(F)(F)F.CCOC(=O)C(F)(F)F.CC[O-].FCF.O.[H+].[Na+].[Na+]. The van der Waals surface area contributed by atoms with Crippen LogP contribution in [0.1, 0.15) is 63.2 Å². The summed E-state index contributed by atoms with van der Waals surface area (Å²) >= 11 is 0. The third-order valence-electron chi connectivity index (χ3n) is 2.88. The standard InChI is InChI=1S/C5H9F3O4.2C5H5F3O2.C4H5F3O2.C2H3FO.C2H5O.CH2F2.CH4.2Na.H2O/c1-3(9,10)2-4(11,12)5(6,7)8;2*1-3(9)2-4(10)5(6,7)8;1-2-9-3(8)4(5,6)7;1-2(3)4;1-2-3;2-1-3;;;;/h9-12H,2H2,1H3;2H2,1H3;2,10H,1H3;2H2,1H3;1H3;2H2,1H3;1H2;1H4;;;1H2/q;;;;;-1;;;2*+1;/b;;4-2-;;;;;;;;. The molecule has 0 aliphatic carbocycles. The average molecular weight is 880 g/mol. The van der Waals surface area contributed by atoms with Crippen molar-refractivity contribution < 1.29 is 191 Å². The summed E-state index contributed by atoms with van der Waals surface area (Å²) < 4.78 is 169. The Morgan fingerprint density at radius 3 is 1.11 bits per heavy atom. The number of Topliss-reactive ketones (excluding diaryl/α,β-unsaturated/α-hetero) is 2. The summed E-state index contributed by atoms with van der Waals surface area (Å²) in [7, 11) is 0. The monoisotopic (exact) mass is 879 g/mol. The van der Waals surface area contributed by atoms with Gasteiger partial charge in [-0.15, -0.1) is 6.61 Å². The Morgan fingerprint density at radius 1 is 0.745 bits per heavy atom. The van der Waals surface area contributed by atoms with Gasteiger partial charge in [0.05, 0.1) is 19.4 Å². The molecule has 0 rings (SSSR count). The van der Waals surface area contributed by atoms with Crippen LogP contribution in [0.4, 0.5) is 65.9 Å². The first kappa shape index (κ1) is 81.6. The van der Waals surface area contributed by atoms with E-state index in [1.807, 2.05) is 0 Å². The first-order chi connectivity index (χ1) is 22.2. The van der Waals surface area contributed by atoms with Gasteiger partial charge in [0.25, 0.3) is 11.8 Å². The fourth-order valence-corrected chi connectivity index (χ4v) is 1.37. The summed E-state index contributed by atoms with van der Waals surface area (Å²) in [5.41, 5.74) is 0. The van der Waals surface area contributed by atoms with E-state index in [9.17, 15) is 90.1 Å². The smallest absolute Gasteiger partial charge is 0.869 e. The molecule has 30 heteroatoms. The maximum atomic E-state index is 11.6. The van der Waals surface area contributed by atoms with Gasteiger partial charge in [-0.1, -0.05) is 14.4 Å². The zero-order valence-electron chi connectivity index (χ0n) is 30.3. The van der Waals surface area contributed by atoms with Gasteiger partial charge in [-0.25, -0.2) is 13.6 Å². The van der Waals surface area contributed by atoms with Crippen LogP contribution in [0.2, 0.25) is 0 Å². The number of alkyl halides is 14. The average Bonchev–Trinajstić information content (AvgIpc) is 2.81. The Kier molecular flexibility index (Phi) is 58.2. The van der Waals surface area contributed by atoms with E-state index < -0.39 is 91.2 Å². The number of allylic oxidation sites excluding steroid dienone is 2. The largest absolute Gasteiger partial charge is 1.00 e. The Balaban J connectivity index is -0.0000000416. The zero-order chi connectivity index (χ0) is 43.4. The van der Waals surface area contributed by atoms with E-state index >= 15 is 0 Å². The molecule has 0 spiro atoms. The molecular weight excluding hydrogens is 839 g/mol. The molecule has 0 saturated heterocycles. The molecule has 0 aromatic heterocycles. The number of halogens is 15. The molecule has 55 heavy (non-hydrogen) atoms. The number of carbonyl (C=O) groups is 5. The molecule has 0 heterocycles. The van der Waals surface area contributed by atoms with Gasteiger partial charge in [0.2, 0.25) is 12.7 Å². The summed E-state index contributed by atoms with van der Waals surface area (Å²) in [6, 6.07) is -1.33. The van der Waals surface area contributed by atoms with Crippen LogP contribution in [0.15, 0.2) is 11.8 Å². The molecule has 0 aromatic rings. The van der Waals surface area contributed by atoms with Gasteiger partial charge in [-0.3, -0.25) is 19.2 Å². The van der Waals surface area contributed by atoms with E-state index in [2.05, 4.69) is 4.74 Å². The number of aliphatic hydroxyl groups is 4. The minimum atomic E-state index is -5.31. The van der Waals surface area contributed by atoms with Crippen LogP contribution in [0.5, 0.6) is 0 Å². The van der Waals surface area contributed by atoms with Crippen LogP contribution in [0.25, 0.3) is 0 Å². The third-order valence-corrected chi connectivity index (χ3v) is 2.88. The molecular formula is C25H40F15Na2O13+. The van der Waals surface area contributed by atoms with E-state index in [0.717, 1.165) is 20.8 Å². The number of carbonyl (C=O) groups excluding carboxylic acids is 5. The maximum absolute atomic E-state index is 11.6. The second-order valence-electron chi connectivity index (χ2n) is 8.20. The first-order valence-electron chi connectivity index (χ1n) is 12.3. The van der Waals surface area contributed by atoms with Gasteiger partial charge in [0, 0.05) is 6.92 Å². The molecule has 0 aromatic carbocycles. The van der Waals surface area contributed by atoms with E-state index in [4.69, 9.17) is 30.3 Å². The predicted molar refractivity (Wildman–Crippen MR) is 145 cm³/mol. The molecule has 0 atom stereocenters. The summed E-state index contributed by atoms with van der Waals surface area (Å²) in [6.07, 6.45) is -22.6. The number of rotatable bonds is 6. The van der Waals surface area contributed by atoms with Crippen LogP contribution < -0.4 is 69.3 Å². The van der Waals surface area contributed by atoms with Gasteiger partial charge in [0.15, 0.2) is 11.6 Å². The normalized spacial score (nSPS) is 10.7. The van der Waals surface area contributed by atoms with Crippen molar-refractivity contribution in [3.63, 3.8) is 0 Å². The summed E-state index contributed by atoms with van der Waals surface area (Å²) in [4.78, 5) is 48.3. The van der Waals surface area contributed by atoms with E-state index in [1.165, 1.54) is 6.92 Å². The first-order valence-corrected chi connectivity index (χ1v) is 12.3.